The molecule has 21 heavy (non-hydrogen) atoms. The summed E-state index contributed by atoms with van der Waals surface area (Å²) >= 11 is 0. The summed E-state index contributed by atoms with van der Waals surface area (Å²) in [5.74, 6) is 0.0222. The minimum Gasteiger partial charge on any atom is -0.307 e. The highest BCUT2D eigenvalue weighted by Gasteiger charge is 2.23. The topological polar surface area (TPSA) is 36.4 Å². The molecule has 3 rings (SSSR count). The Morgan fingerprint density at radius 1 is 1.19 bits per heavy atom. The Labute approximate surface area is 125 Å². The molecular weight excluding hydrogens is 262 g/mol. The second-order valence-electron chi connectivity index (χ2n) is 5.57. The van der Waals surface area contributed by atoms with Gasteiger partial charge in [0.25, 0.3) is 5.91 Å². The van der Waals surface area contributed by atoms with E-state index in [4.69, 9.17) is 0 Å². The van der Waals surface area contributed by atoms with Gasteiger partial charge in [0.1, 0.15) is 0 Å². The van der Waals surface area contributed by atoms with Crippen molar-refractivity contribution in [3.05, 3.63) is 59.4 Å². The maximum absolute atomic E-state index is 12.8. The molecule has 0 radical (unpaired) electrons. The van der Waals surface area contributed by atoms with Crippen LogP contribution < -0.4 is 4.90 Å². The smallest absolute Gasteiger partial charge is 0.259 e. The van der Waals surface area contributed by atoms with Gasteiger partial charge in [-0.15, -0.1) is 0 Å². The molecule has 4 heteroatoms. The quantitative estimate of drug-likeness (QED) is 0.806. The Balaban J connectivity index is 2.00. The Kier molecular flexibility index (Phi) is 3.71. The van der Waals surface area contributed by atoms with Gasteiger partial charge < -0.3 is 9.80 Å². The third-order valence-electron chi connectivity index (χ3n) is 3.80. The van der Waals surface area contributed by atoms with Crippen molar-refractivity contribution >= 4 is 11.6 Å². The van der Waals surface area contributed by atoms with E-state index in [0.29, 0.717) is 12.1 Å². The number of pyridine rings is 1. The SMILES string of the molecule is Cc1cncc(C(=O)N2CCN(C)Cc3ccccc32)c1. The van der Waals surface area contributed by atoms with E-state index in [2.05, 4.69) is 23.0 Å². The molecule has 0 spiro atoms. The van der Waals surface area contributed by atoms with Gasteiger partial charge in [0.2, 0.25) is 0 Å². The maximum Gasteiger partial charge on any atom is 0.259 e. The lowest BCUT2D eigenvalue weighted by atomic mass is 10.1. The third kappa shape index (κ3) is 2.81. The maximum atomic E-state index is 12.8. The Morgan fingerprint density at radius 2 is 2.00 bits per heavy atom. The fraction of sp³-hybridized carbons (Fsp3) is 0.294. The lowest BCUT2D eigenvalue weighted by Gasteiger charge is -2.22. The van der Waals surface area contributed by atoms with E-state index in [1.165, 1.54) is 5.56 Å². The van der Waals surface area contributed by atoms with E-state index in [1.807, 2.05) is 36.1 Å². The van der Waals surface area contributed by atoms with E-state index < -0.39 is 0 Å². The number of rotatable bonds is 1. The van der Waals surface area contributed by atoms with Gasteiger partial charge >= 0.3 is 0 Å². The average Bonchev–Trinajstić information content (AvgIpc) is 2.65. The predicted octanol–water partition coefficient (Wildman–Crippen LogP) is 2.48. The van der Waals surface area contributed by atoms with Gasteiger partial charge in [-0.3, -0.25) is 9.78 Å². The van der Waals surface area contributed by atoms with Gasteiger partial charge in [-0.1, -0.05) is 18.2 Å². The largest absolute Gasteiger partial charge is 0.307 e. The highest BCUT2D eigenvalue weighted by molar-refractivity contribution is 6.06. The Bertz CT molecular complexity index is 669. The first kappa shape index (κ1) is 13.8. The zero-order valence-electron chi connectivity index (χ0n) is 12.4. The summed E-state index contributed by atoms with van der Waals surface area (Å²) in [6.45, 7) is 4.37. The number of aromatic nitrogens is 1. The molecule has 0 saturated heterocycles. The van der Waals surface area contributed by atoms with Crippen LogP contribution in [-0.2, 0) is 6.54 Å². The normalized spacial score (nSPS) is 15.4. The standard InChI is InChI=1S/C17H19N3O/c1-13-9-15(11-18-10-13)17(21)20-8-7-19(2)12-14-5-3-4-6-16(14)20/h3-6,9-11H,7-8,12H2,1-2H3. The molecule has 0 bridgehead atoms. The molecule has 0 fully saturated rings. The van der Waals surface area contributed by atoms with Crippen LogP contribution in [0.4, 0.5) is 5.69 Å². The van der Waals surface area contributed by atoms with Crippen molar-refractivity contribution in [3.8, 4) is 0 Å². The number of aryl methyl sites for hydroxylation is 1. The van der Waals surface area contributed by atoms with E-state index in [-0.39, 0.29) is 5.91 Å². The summed E-state index contributed by atoms with van der Waals surface area (Å²) in [6.07, 6.45) is 3.41. The highest BCUT2D eigenvalue weighted by Crippen LogP contribution is 2.25. The van der Waals surface area contributed by atoms with Crippen LogP contribution in [0.5, 0.6) is 0 Å². The number of anilines is 1. The van der Waals surface area contributed by atoms with Crippen LogP contribution in [0.1, 0.15) is 21.5 Å². The van der Waals surface area contributed by atoms with E-state index in [9.17, 15) is 4.79 Å². The van der Waals surface area contributed by atoms with Crippen LogP contribution in [0.15, 0.2) is 42.7 Å². The van der Waals surface area contributed by atoms with E-state index in [1.54, 1.807) is 12.4 Å². The van der Waals surface area contributed by atoms with Crippen molar-refractivity contribution in [2.75, 3.05) is 25.0 Å². The number of hydrogen-bond donors (Lipinski definition) is 0. The van der Waals surface area contributed by atoms with Gasteiger partial charge in [0, 0.05) is 37.7 Å². The number of carbonyl (C=O) groups is 1. The summed E-state index contributed by atoms with van der Waals surface area (Å²) in [4.78, 5) is 21.1. The van der Waals surface area contributed by atoms with Gasteiger partial charge in [0.05, 0.1) is 5.56 Å². The molecule has 2 heterocycles. The molecule has 0 N–H and O–H groups in total. The lowest BCUT2D eigenvalue weighted by molar-refractivity contribution is 0.0985. The van der Waals surface area contributed by atoms with Crippen molar-refractivity contribution in [2.45, 2.75) is 13.5 Å². The minimum atomic E-state index is 0.0222. The lowest BCUT2D eigenvalue weighted by Crippen LogP contribution is -2.35. The molecule has 1 aliphatic heterocycles. The number of nitrogens with zero attached hydrogens (tertiary/aromatic N) is 3. The van der Waals surface area contributed by atoms with Gasteiger partial charge in [0.15, 0.2) is 0 Å². The summed E-state index contributed by atoms with van der Waals surface area (Å²) in [6, 6.07) is 10.0. The fourth-order valence-corrected chi connectivity index (χ4v) is 2.71. The number of para-hydroxylation sites is 1. The summed E-state index contributed by atoms with van der Waals surface area (Å²) in [5, 5.41) is 0. The highest BCUT2D eigenvalue weighted by atomic mass is 16.2. The summed E-state index contributed by atoms with van der Waals surface area (Å²) in [7, 11) is 2.08. The Hall–Kier alpha value is -2.20. The second-order valence-corrected chi connectivity index (χ2v) is 5.57. The van der Waals surface area contributed by atoms with Crippen LogP contribution in [0.2, 0.25) is 0 Å². The summed E-state index contributed by atoms with van der Waals surface area (Å²) in [5.41, 5.74) is 3.84. The molecule has 1 aromatic carbocycles. The molecule has 2 aromatic rings. The number of benzene rings is 1. The zero-order chi connectivity index (χ0) is 14.8. The Morgan fingerprint density at radius 3 is 2.81 bits per heavy atom. The third-order valence-corrected chi connectivity index (χ3v) is 3.80. The van der Waals surface area contributed by atoms with Crippen molar-refractivity contribution in [1.29, 1.82) is 0 Å². The first-order valence-electron chi connectivity index (χ1n) is 7.15. The van der Waals surface area contributed by atoms with Crippen LogP contribution in [0.25, 0.3) is 0 Å². The molecule has 4 nitrogen and oxygen atoms in total. The second kappa shape index (κ2) is 5.66. The summed E-state index contributed by atoms with van der Waals surface area (Å²) < 4.78 is 0. The molecule has 108 valence electrons. The molecule has 0 atom stereocenters. The molecule has 1 aromatic heterocycles. The molecule has 0 saturated carbocycles. The van der Waals surface area contributed by atoms with Crippen LogP contribution >= 0.6 is 0 Å². The molecule has 1 amide bonds. The van der Waals surface area contributed by atoms with Crippen LogP contribution in [0, 0.1) is 6.92 Å². The molecule has 0 unspecified atom stereocenters. The van der Waals surface area contributed by atoms with Crippen molar-refractivity contribution in [1.82, 2.24) is 9.88 Å². The number of likely N-dealkylation sites (N-methyl/N-ethyl adjacent to an activating group) is 1. The number of fused-ring (bicyclic) bond motifs is 1. The minimum absolute atomic E-state index is 0.0222. The number of amides is 1. The predicted molar refractivity (Wildman–Crippen MR) is 83.4 cm³/mol. The van der Waals surface area contributed by atoms with Gasteiger partial charge in [-0.05, 0) is 37.2 Å². The zero-order valence-corrected chi connectivity index (χ0v) is 12.4. The van der Waals surface area contributed by atoms with Gasteiger partial charge in [-0.25, -0.2) is 0 Å². The first-order valence-corrected chi connectivity index (χ1v) is 7.15. The fourth-order valence-electron chi connectivity index (χ4n) is 2.71. The van der Waals surface area contributed by atoms with Crippen molar-refractivity contribution < 1.29 is 4.79 Å². The van der Waals surface area contributed by atoms with E-state index in [0.717, 1.165) is 24.3 Å². The molecule has 1 aliphatic rings. The van der Waals surface area contributed by atoms with Crippen LogP contribution in [0.3, 0.4) is 0 Å². The van der Waals surface area contributed by atoms with Crippen LogP contribution in [-0.4, -0.2) is 35.9 Å². The average molecular weight is 281 g/mol. The number of carbonyl (C=O) groups excluding carboxylic acids is 1. The molecular formula is C17H19N3O. The monoisotopic (exact) mass is 281 g/mol. The first-order chi connectivity index (χ1) is 10.1. The van der Waals surface area contributed by atoms with Crippen molar-refractivity contribution in [3.63, 3.8) is 0 Å². The van der Waals surface area contributed by atoms with Crippen molar-refractivity contribution in [2.24, 2.45) is 0 Å². The molecule has 0 aliphatic carbocycles. The van der Waals surface area contributed by atoms with E-state index >= 15 is 0 Å². The number of hydrogen-bond acceptors (Lipinski definition) is 3. The van der Waals surface area contributed by atoms with Gasteiger partial charge in [-0.2, -0.15) is 0 Å².